The quantitative estimate of drug-likeness (QED) is 0.541. The number of primary amides is 1. The smallest absolute Gasteiger partial charge is 0.312 e. The minimum Gasteiger partial charge on any atom is -0.477 e. The average molecular weight is 446 g/mol. The average Bonchev–Trinajstić information content (AvgIpc) is 3.09. The van der Waals surface area contributed by atoms with Crippen LogP contribution in [0.5, 0.6) is 5.88 Å². The Morgan fingerprint density at radius 3 is 2.38 bits per heavy atom. The maximum atomic E-state index is 13.3. The predicted octanol–water partition coefficient (Wildman–Crippen LogP) is 3.31. The second-order valence-electron chi connectivity index (χ2n) is 11.3. The van der Waals surface area contributed by atoms with E-state index in [0.29, 0.717) is 48.8 Å². The van der Waals surface area contributed by atoms with E-state index in [0.717, 1.165) is 11.8 Å². The third-order valence-corrected chi connectivity index (χ3v) is 7.52. The van der Waals surface area contributed by atoms with Crippen molar-refractivity contribution in [2.45, 2.75) is 84.3 Å². The van der Waals surface area contributed by atoms with Gasteiger partial charge in [0.2, 0.25) is 5.88 Å². The van der Waals surface area contributed by atoms with Crippen molar-refractivity contribution in [3.05, 3.63) is 11.8 Å². The summed E-state index contributed by atoms with van der Waals surface area (Å²) in [5, 5.41) is 10.6. The molecule has 1 aromatic rings. The first-order valence-electron chi connectivity index (χ1n) is 12.2. The molecule has 0 spiro atoms. The molecule has 4 fully saturated rings. The van der Waals surface area contributed by atoms with Crippen molar-refractivity contribution in [3.63, 3.8) is 0 Å². The third kappa shape index (κ3) is 5.04. The molecule has 8 heteroatoms. The molecule has 1 heterocycles. The topological polar surface area (TPSA) is 111 Å². The standard InChI is InChI=1S/C24H39N5O3/c1-14(2)13-32-22-19(12-26-29(22)6-5-24(3,4)28-23(25)31)21(30)27-20-17-8-15-7-16(10-17)11-18(20)9-15/h12,14-18,20H,5-11,13H2,1-4H3,(H,27,30)(H3,25,28,31). The van der Waals surface area contributed by atoms with E-state index in [2.05, 4.69) is 29.6 Å². The Kier molecular flexibility index (Phi) is 6.41. The molecule has 4 aliphatic rings. The largest absolute Gasteiger partial charge is 0.477 e. The first-order chi connectivity index (χ1) is 15.1. The number of hydrogen-bond acceptors (Lipinski definition) is 4. The van der Waals surface area contributed by atoms with E-state index in [4.69, 9.17) is 10.5 Å². The molecule has 0 aliphatic heterocycles. The zero-order valence-electron chi connectivity index (χ0n) is 19.9. The van der Waals surface area contributed by atoms with Crippen LogP contribution in [-0.2, 0) is 6.54 Å². The Hall–Kier alpha value is -2.25. The number of carbonyl (C=O) groups excluding carboxylic acids is 2. The Morgan fingerprint density at radius 2 is 1.81 bits per heavy atom. The molecule has 0 atom stereocenters. The van der Waals surface area contributed by atoms with Gasteiger partial charge >= 0.3 is 6.03 Å². The van der Waals surface area contributed by atoms with E-state index in [1.54, 1.807) is 10.9 Å². The van der Waals surface area contributed by atoms with Gasteiger partial charge in [0, 0.05) is 18.1 Å². The van der Waals surface area contributed by atoms with Gasteiger partial charge in [-0.25, -0.2) is 9.48 Å². The van der Waals surface area contributed by atoms with Gasteiger partial charge in [0.1, 0.15) is 5.56 Å². The van der Waals surface area contributed by atoms with E-state index in [1.165, 1.54) is 32.1 Å². The summed E-state index contributed by atoms with van der Waals surface area (Å²) in [4.78, 5) is 24.6. The van der Waals surface area contributed by atoms with Gasteiger partial charge in [0.05, 0.1) is 12.8 Å². The molecule has 0 aromatic carbocycles. The molecule has 4 aliphatic carbocycles. The van der Waals surface area contributed by atoms with Gasteiger partial charge in [0.25, 0.3) is 5.91 Å². The zero-order chi connectivity index (χ0) is 23.0. The van der Waals surface area contributed by atoms with Gasteiger partial charge in [-0.3, -0.25) is 4.79 Å². The van der Waals surface area contributed by atoms with E-state index < -0.39 is 11.6 Å². The van der Waals surface area contributed by atoms with Crippen molar-refractivity contribution in [1.82, 2.24) is 20.4 Å². The first kappa shape index (κ1) is 22.9. The van der Waals surface area contributed by atoms with Crippen LogP contribution >= 0.6 is 0 Å². The minimum absolute atomic E-state index is 0.0815. The Balaban J connectivity index is 1.47. The third-order valence-electron chi connectivity index (χ3n) is 7.52. The van der Waals surface area contributed by atoms with E-state index >= 15 is 0 Å². The fourth-order valence-corrected chi connectivity index (χ4v) is 6.26. The van der Waals surface area contributed by atoms with Crippen LogP contribution in [0.3, 0.4) is 0 Å². The molecule has 1 aromatic heterocycles. The van der Waals surface area contributed by atoms with Crippen LogP contribution in [0.25, 0.3) is 0 Å². The fraction of sp³-hybridized carbons (Fsp3) is 0.792. The summed E-state index contributed by atoms with van der Waals surface area (Å²) in [5.74, 6) is 3.73. The number of rotatable bonds is 9. The summed E-state index contributed by atoms with van der Waals surface area (Å²) in [6, 6.07) is -0.280. The van der Waals surface area contributed by atoms with Crippen molar-refractivity contribution in [3.8, 4) is 5.88 Å². The number of hydrogen-bond donors (Lipinski definition) is 3. The summed E-state index contributed by atoms with van der Waals surface area (Å²) in [7, 11) is 0. The number of nitrogens with one attached hydrogen (secondary N) is 2. The number of ether oxygens (including phenoxy) is 1. The van der Waals surface area contributed by atoms with Gasteiger partial charge in [-0.1, -0.05) is 13.8 Å². The molecular weight excluding hydrogens is 406 g/mol. The predicted molar refractivity (Wildman–Crippen MR) is 122 cm³/mol. The minimum atomic E-state index is -0.553. The van der Waals surface area contributed by atoms with Crippen LogP contribution in [-0.4, -0.2) is 39.9 Å². The highest BCUT2D eigenvalue weighted by molar-refractivity contribution is 5.96. The molecule has 4 saturated carbocycles. The lowest BCUT2D eigenvalue weighted by atomic mass is 9.54. The van der Waals surface area contributed by atoms with Crippen molar-refractivity contribution >= 4 is 11.9 Å². The number of nitrogens with two attached hydrogens (primary N) is 1. The Morgan fingerprint density at radius 1 is 1.19 bits per heavy atom. The molecule has 5 rings (SSSR count). The highest BCUT2D eigenvalue weighted by Gasteiger charge is 2.48. The van der Waals surface area contributed by atoms with Gasteiger partial charge in [-0.05, 0) is 82.0 Å². The first-order valence-corrected chi connectivity index (χ1v) is 12.2. The molecule has 0 radical (unpaired) electrons. The molecule has 0 unspecified atom stereocenters. The highest BCUT2D eigenvalue weighted by Crippen LogP contribution is 2.53. The lowest BCUT2D eigenvalue weighted by Gasteiger charge is -2.54. The van der Waals surface area contributed by atoms with Crippen LogP contribution in [0.1, 0.15) is 76.6 Å². The zero-order valence-corrected chi connectivity index (χ0v) is 19.9. The normalized spacial score (nSPS) is 28.7. The number of aryl methyl sites for hydroxylation is 1. The van der Waals surface area contributed by atoms with Crippen LogP contribution in [0.4, 0.5) is 4.79 Å². The molecule has 4 bridgehead atoms. The second kappa shape index (κ2) is 8.94. The summed E-state index contributed by atoms with van der Waals surface area (Å²) in [6.45, 7) is 8.99. The summed E-state index contributed by atoms with van der Waals surface area (Å²) in [6.07, 6.45) is 8.66. The summed E-state index contributed by atoms with van der Waals surface area (Å²) in [5.41, 5.74) is 5.30. The number of carbonyl (C=O) groups is 2. The SMILES string of the molecule is CC(C)COc1c(C(=O)NC2C3CC4CC(C3)CC2C4)cnn1CCC(C)(C)NC(N)=O. The lowest BCUT2D eigenvalue weighted by molar-refractivity contribution is -0.0120. The van der Waals surface area contributed by atoms with Crippen molar-refractivity contribution in [2.24, 2.45) is 35.3 Å². The molecule has 8 nitrogen and oxygen atoms in total. The maximum absolute atomic E-state index is 13.3. The van der Waals surface area contributed by atoms with Crippen LogP contribution in [0, 0.1) is 29.6 Å². The molecule has 178 valence electrons. The number of urea groups is 1. The van der Waals surface area contributed by atoms with Crippen LogP contribution in [0.15, 0.2) is 6.20 Å². The molecule has 4 N–H and O–H groups in total. The van der Waals surface area contributed by atoms with Crippen molar-refractivity contribution in [1.29, 1.82) is 0 Å². The van der Waals surface area contributed by atoms with E-state index in [9.17, 15) is 9.59 Å². The number of nitrogens with zero attached hydrogens (tertiary/aromatic N) is 2. The number of aromatic nitrogens is 2. The second-order valence-corrected chi connectivity index (χ2v) is 11.3. The Labute approximate surface area is 191 Å². The lowest BCUT2D eigenvalue weighted by Crippen LogP contribution is -2.55. The maximum Gasteiger partial charge on any atom is 0.312 e. The van der Waals surface area contributed by atoms with Gasteiger partial charge < -0.3 is 21.1 Å². The van der Waals surface area contributed by atoms with E-state index in [-0.39, 0.29) is 11.9 Å². The fourth-order valence-electron chi connectivity index (χ4n) is 6.26. The van der Waals surface area contributed by atoms with Crippen molar-refractivity contribution in [2.75, 3.05) is 6.61 Å². The highest BCUT2D eigenvalue weighted by atomic mass is 16.5. The molecular formula is C24H39N5O3. The summed E-state index contributed by atoms with van der Waals surface area (Å²) >= 11 is 0. The summed E-state index contributed by atoms with van der Waals surface area (Å²) < 4.78 is 7.81. The monoisotopic (exact) mass is 445 g/mol. The molecule has 0 saturated heterocycles. The Bertz CT molecular complexity index is 819. The number of amides is 3. The van der Waals surface area contributed by atoms with Crippen molar-refractivity contribution < 1.29 is 14.3 Å². The van der Waals surface area contributed by atoms with Gasteiger partial charge in [-0.2, -0.15) is 5.10 Å². The van der Waals surface area contributed by atoms with Gasteiger partial charge in [0.15, 0.2) is 0 Å². The van der Waals surface area contributed by atoms with Crippen LogP contribution < -0.4 is 21.1 Å². The van der Waals surface area contributed by atoms with Gasteiger partial charge in [-0.15, -0.1) is 0 Å². The van der Waals surface area contributed by atoms with E-state index in [1.807, 2.05) is 13.8 Å². The molecule has 3 amide bonds. The van der Waals surface area contributed by atoms with Crippen LogP contribution in [0.2, 0.25) is 0 Å². The molecule has 32 heavy (non-hydrogen) atoms.